The summed E-state index contributed by atoms with van der Waals surface area (Å²) in [5.74, 6) is -2.02. The number of para-hydroxylation sites is 1. The Bertz CT molecular complexity index is 874. The molecule has 0 aromatic heterocycles. The Morgan fingerprint density at radius 3 is 2.46 bits per heavy atom. The fourth-order valence-electron chi connectivity index (χ4n) is 2.01. The number of sulfonamides is 1. The fourth-order valence-corrected chi connectivity index (χ4v) is 4.23. The van der Waals surface area contributed by atoms with Gasteiger partial charge in [-0.05, 0) is 30.3 Å². The lowest BCUT2D eigenvalue weighted by Crippen LogP contribution is -2.34. The third-order valence-electron chi connectivity index (χ3n) is 3.11. The Labute approximate surface area is 148 Å². The van der Waals surface area contributed by atoms with Crippen molar-refractivity contribution in [2.45, 2.75) is 11.3 Å². The van der Waals surface area contributed by atoms with Crippen LogP contribution in [0.5, 0.6) is 0 Å². The van der Waals surface area contributed by atoms with E-state index >= 15 is 0 Å². The Hall–Kier alpha value is -1.83. The van der Waals surface area contributed by atoms with Crippen LogP contribution in [0.1, 0.15) is 6.42 Å². The van der Waals surface area contributed by atoms with Gasteiger partial charge in [0.1, 0.15) is 10.7 Å². The molecule has 0 unspecified atom stereocenters. The maximum atomic E-state index is 14.1. The summed E-state index contributed by atoms with van der Waals surface area (Å²) in [4.78, 5) is 10.5. The summed E-state index contributed by atoms with van der Waals surface area (Å²) in [6.07, 6.45) is -0.508. The van der Waals surface area contributed by atoms with E-state index in [-0.39, 0.29) is 20.6 Å². The van der Waals surface area contributed by atoms with Gasteiger partial charge in [0, 0.05) is 11.6 Å². The molecule has 9 heteroatoms. The van der Waals surface area contributed by atoms with Gasteiger partial charge in [-0.3, -0.25) is 9.10 Å². The van der Waals surface area contributed by atoms with Crippen molar-refractivity contribution in [1.82, 2.24) is 0 Å². The van der Waals surface area contributed by atoms with Gasteiger partial charge < -0.3 is 5.11 Å². The van der Waals surface area contributed by atoms with Crippen molar-refractivity contribution in [3.63, 3.8) is 0 Å². The first-order chi connectivity index (χ1) is 11.2. The SMILES string of the molecule is O=C(O)CCN(c1ccccc1F)S(=O)(=O)c1cc(Cl)ccc1Cl. The number of hydrogen-bond acceptors (Lipinski definition) is 3. The molecule has 0 fully saturated rings. The molecule has 0 heterocycles. The van der Waals surface area contributed by atoms with Crippen LogP contribution in [0, 0.1) is 5.82 Å². The summed E-state index contributed by atoms with van der Waals surface area (Å²) in [5.41, 5.74) is -0.269. The highest BCUT2D eigenvalue weighted by Crippen LogP contribution is 2.31. The number of halogens is 3. The zero-order chi connectivity index (χ0) is 17.9. The second-order valence-corrected chi connectivity index (χ2v) is 7.42. The molecule has 2 aromatic carbocycles. The zero-order valence-electron chi connectivity index (χ0n) is 12.1. The third kappa shape index (κ3) is 3.98. The molecule has 0 aliphatic heterocycles. The lowest BCUT2D eigenvalue weighted by Gasteiger charge is -2.24. The molecule has 0 aliphatic rings. The van der Waals surface area contributed by atoms with Crippen molar-refractivity contribution in [3.05, 3.63) is 58.3 Å². The van der Waals surface area contributed by atoms with Crippen LogP contribution in [0.15, 0.2) is 47.4 Å². The number of carboxylic acid groups (broad SMARTS) is 1. The summed E-state index contributed by atoms with van der Waals surface area (Å²) >= 11 is 11.8. The lowest BCUT2D eigenvalue weighted by atomic mass is 10.3. The van der Waals surface area contributed by atoms with E-state index in [1.807, 2.05) is 0 Å². The Balaban J connectivity index is 2.59. The van der Waals surface area contributed by atoms with E-state index in [0.717, 1.165) is 12.1 Å². The van der Waals surface area contributed by atoms with Crippen LogP contribution in [0.25, 0.3) is 0 Å². The number of aliphatic carboxylic acids is 1. The molecule has 0 aliphatic carbocycles. The summed E-state index contributed by atoms with van der Waals surface area (Å²) in [6.45, 7) is -0.457. The fraction of sp³-hybridized carbons (Fsp3) is 0.133. The van der Waals surface area contributed by atoms with E-state index in [4.69, 9.17) is 28.3 Å². The Morgan fingerprint density at radius 1 is 1.17 bits per heavy atom. The molecule has 1 N–H and O–H groups in total. The van der Waals surface area contributed by atoms with Gasteiger partial charge in [0.25, 0.3) is 10.0 Å². The minimum absolute atomic E-state index is 0.101. The number of rotatable bonds is 6. The number of hydrogen-bond donors (Lipinski definition) is 1. The van der Waals surface area contributed by atoms with Crippen molar-refractivity contribution in [1.29, 1.82) is 0 Å². The molecule has 0 spiro atoms. The smallest absolute Gasteiger partial charge is 0.305 e. The molecule has 0 saturated carbocycles. The van der Waals surface area contributed by atoms with Crippen LogP contribution in [0.2, 0.25) is 10.0 Å². The maximum Gasteiger partial charge on any atom is 0.305 e. The number of carbonyl (C=O) groups is 1. The van der Waals surface area contributed by atoms with E-state index in [1.54, 1.807) is 0 Å². The van der Waals surface area contributed by atoms with Crippen LogP contribution >= 0.6 is 23.2 Å². The van der Waals surface area contributed by atoms with Gasteiger partial charge >= 0.3 is 5.97 Å². The van der Waals surface area contributed by atoms with Gasteiger partial charge in [-0.15, -0.1) is 0 Å². The molecule has 5 nitrogen and oxygen atoms in total. The van der Waals surface area contributed by atoms with Crippen LogP contribution in [0.3, 0.4) is 0 Å². The monoisotopic (exact) mass is 391 g/mol. The molecular weight excluding hydrogens is 380 g/mol. The molecule has 0 radical (unpaired) electrons. The Morgan fingerprint density at radius 2 is 1.83 bits per heavy atom. The van der Waals surface area contributed by atoms with Gasteiger partial charge in [-0.25, -0.2) is 12.8 Å². The maximum absolute atomic E-state index is 14.1. The molecule has 0 atom stereocenters. The molecule has 24 heavy (non-hydrogen) atoms. The first-order valence-electron chi connectivity index (χ1n) is 6.67. The standard InChI is InChI=1S/C15H12Cl2FNO4S/c16-10-5-6-11(17)14(9-10)24(22,23)19(8-7-15(20)21)13-4-2-1-3-12(13)18/h1-6,9H,7-8H2,(H,20,21). The van der Waals surface area contributed by atoms with Crippen LogP contribution in [0.4, 0.5) is 10.1 Å². The highest BCUT2D eigenvalue weighted by Gasteiger charge is 2.29. The average Bonchev–Trinajstić information content (AvgIpc) is 2.51. The van der Waals surface area contributed by atoms with E-state index < -0.39 is 34.8 Å². The lowest BCUT2D eigenvalue weighted by molar-refractivity contribution is -0.136. The normalized spacial score (nSPS) is 11.3. The quantitative estimate of drug-likeness (QED) is 0.812. The highest BCUT2D eigenvalue weighted by molar-refractivity contribution is 7.93. The van der Waals surface area contributed by atoms with E-state index in [1.165, 1.54) is 30.3 Å². The molecule has 2 aromatic rings. The topological polar surface area (TPSA) is 74.7 Å². The number of carboxylic acids is 1. The van der Waals surface area contributed by atoms with Crippen molar-refractivity contribution in [3.8, 4) is 0 Å². The van der Waals surface area contributed by atoms with Gasteiger partial charge in [-0.1, -0.05) is 35.3 Å². The van der Waals surface area contributed by atoms with Crippen LogP contribution in [-0.2, 0) is 14.8 Å². The summed E-state index contributed by atoms with van der Waals surface area (Å²) in [5, 5.41) is 8.88. The number of anilines is 1. The van der Waals surface area contributed by atoms with Crippen molar-refractivity contribution >= 4 is 44.9 Å². The molecular formula is C15H12Cl2FNO4S. The van der Waals surface area contributed by atoms with E-state index in [2.05, 4.69) is 0 Å². The van der Waals surface area contributed by atoms with Crippen molar-refractivity contribution in [2.75, 3.05) is 10.8 Å². The number of nitrogens with zero attached hydrogens (tertiary/aromatic N) is 1. The van der Waals surface area contributed by atoms with Gasteiger partial charge in [-0.2, -0.15) is 0 Å². The first kappa shape index (κ1) is 18.5. The van der Waals surface area contributed by atoms with Crippen LogP contribution in [-0.4, -0.2) is 26.0 Å². The largest absolute Gasteiger partial charge is 0.481 e. The zero-order valence-corrected chi connectivity index (χ0v) is 14.4. The summed E-state index contributed by atoms with van der Waals surface area (Å²) < 4.78 is 40.5. The van der Waals surface area contributed by atoms with Gasteiger partial charge in [0.05, 0.1) is 17.1 Å². The van der Waals surface area contributed by atoms with Gasteiger partial charge in [0.2, 0.25) is 0 Å². The minimum atomic E-state index is -4.31. The predicted molar refractivity (Wildman–Crippen MR) is 89.6 cm³/mol. The second kappa shape index (κ2) is 7.38. The van der Waals surface area contributed by atoms with Gasteiger partial charge in [0.15, 0.2) is 0 Å². The predicted octanol–water partition coefficient (Wildman–Crippen LogP) is 3.80. The average molecular weight is 392 g/mol. The first-order valence-corrected chi connectivity index (χ1v) is 8.87. The minimum Gasteiger partial charge on any atom is -0.481 e. The summed E-state index contributed by atoms with van der Waals surface area (Å²) in [7, 11) is -4.31. The van der Waals surface area contributed by atoms with E-state index in [0.29, 0.717) is 4.31 Å². The molecule has 2 rings (SSSR count). The van der Waals surface area contributed by atoms with Crippen molar-refractivity contribution < 1.29 is 22.7 Å². The van der Waals surface area contributed by atoms with Crippen LogP contribution < -0.4 is 4.31 Å². The Kier molecular flexibility index (Phi) is 5.69. The number of benzene rings is 2. The second-order valence-electron chi connectivity index (χ2n) is 4.75. The van der Waals surface area contributed by atoms with E-state index in [9.17, 15) is 17.6 Å². The van der Waals surface area contributed by atoms with Crippen molar-refractivity contribution in [2.24, 2.45) is 0 Å². The highest BCUT2D eigenvalue weighted by atomic mass is 35.5. The molecule has 128 valence electrons. The molecule has 0 bridgehead atoms. The molecule has 0 amide bonds. The third-order valence-corrected chi connectivity index (χ3v) is 5.64. The molecule has 0 saturated heterocycles. The summed E-state index contributed by atoms with van der Waals surface area (Å²) in [6, 6.07) is 9.01.